The second-order valence-electron chi connectivity index (χ2n) is 5.63. The molecule has 1 amide bonds. The van der Waals surface area contributed by atoms with Crippen molar-refractivity contribution in [2.24, 2.45) is 0 Å². The number of ether oxygens (including phenoxy) is 2. The molecule has 0 radical (unpaired) electrons. The van der Waals surface area contributed by atoms with Gasteiger partial charge in [-0.05, 0) is 50.2 Å². The Balaban J connectivity index is 1.93. The van der Waals surface area contributed by atoms with Crippen molar-refractivity contribution in [3.8, 4) is 5.75 Å². The Bertz CT molecular complexity index is 759. The third-order valence-corrected chi connectivity index (χ3v) is 4.14. The molecule has 0 heterocycles. The van der Waals surface area contributed by atoms with Crippen LogP contribution in [0.1, 0.15) is 28.4 Å². The number of carbonyl (C=O) groups excluding carboxylic acids is 2. The zero-order valence-electron chi connectivity index (χ0n) is 14.3. The number of rotatable bonds is 6. The summed E-state index contributed by atoms with van der Waals surface area (Å²) in [6, 6.07) is 11.8. The first-order valence-electron chi connectivity index (χ1n) is 7.77. The van der Waals surface area contributed by atoms with Crippen LogP contribution in [0.3, 0.4) is 0 Å². The predicted octanol–water partition coefficient (Wildman–Crippen LogP) is 3.63. The van der Waals surface area contributed by atoms with Crippen LogP contribution in [0.15, 0.2) is 46.9 Å². The summed E-state index contributed by atoms with van der Waals surface area (Å²) < 4.78 is 11.4. The molecule has 0 aliphatic carbocycles. The lowest BCUT2D eigenvalue weighted by atomic mass is 10.1. The van der Waals surface area contributed by atoms with Crippen molar-refractivity contribution in [1.29, 1.82) is 0 Å². The van der Waals surface area contributed by atoms with Crippen LogP contribution in [0.4, 0.5) is 0 Å². The molecule has 0 aliphatic heterocycles. The highest BCUT2D eigenvalue weighted by atomic mass is 79.9. The molecule has 0 spiro atoms. The fourth-order valence-corrected chi connectivity index (χ4v) is 2.50. The number of carbonyl (C=O) groups is 2. The van der Waals surface area contributed by atoms with Gasteiger partial charge in [-0.2, -0.15) is 0 Å². The number of benzene rings is 2. The average Bonchev–Trinajstić information content (AvgIpc) is 2.60. The van der Waals surface area contributed by atoms with E-state index in [4.69, 9.17) is 9.47 Å². The van der Waals surface area contributed by atoms with Crippen LogP contribution in [0.5, 0.6) is 5.75 Å². The maximum Gasteiger partial charge on any atom is 0.328 e. The molecule has 5 nitrogen and oxygen atoms in total. The molecule has 25 heavy (non-hydrogen) atoms. The predicted molar refractivity (Wildman–Crippen MR) is 98.6 cm³/mol. The van der Waals surface area contributed by atoms with E-state index < -0.39 is 12.0 Å². The highest BCUT2D eigenvalue weighted by Crippen LogP contribution is 2.20. The standard InChI is InChI=1S/C19H20BrNO4/c1-12-4-9-17(24-3)15(10-12)11-25-19(23)13(2)21-18(22)14-5-7-16(20)8-6-14/h4-10,13H,11H2,1-3H3,(H,21,22)/t13-/m0/s1. The first-order chi connectivity index (χ1) is 11.9. The minimum atomic E-state index is -0.757. The van der Waals surface area contributed by atoms with Gasteiger partial charge in [0.05, 0.1) is 7.11 Å². The van der Waals surface area contributed by atoms with E-state index in [1.54, 1.807) is 38.3 Å². The first kappa shape index (κ1) is 19.0. The molecule has 2 aromatic rings. The molecule has 132 valence electrons. The lowest BCUT2D eigenvalue weighted by Crippen LogP contribution is -2.39. The zero-order valence-corrected chi connectivity index (χ0v) is 15.9. The molecule has 2 rings (SSSR count). The smallest absolute Gasteiger partial charge is 0.328 e. The summed E-state index contributed by atoms with van der Waals surface area (Å²) in [5, 5.41) is 2.63. The second kappa shape index (κ2) is 8.67. The van der Waals surface area contributed by atoms with Crippen LogP contribution in [0, 0.1) is 6.92 Å². The Morgan fingerprint density at radius 2 is 1.84 bits per heavy atom. The number of esters is 1. The van der Waals surface area contributed by atoms with Crippen molar-refractivity contribution in [3.05, 3.63) is 63.6 Å². The Labute approximate surface area is 155 Å². The number of aryl methyl sites for hydroxylation is 1. The van der Waals surface area contributed by atoms with E-state index in [0.717, 1.165) is 15.6 Å². The highest BCUT2D eigenvalue weighted by Gasteiger charge is 2.18. The highest BCUT2D eigenvalue weighted by molar-refractivity contribution is 9.10. The van der Waals surface area contributed by atoms with Gasteiger partial charge in [-0.3, -0.25) is 4.79 Å². The summed E-state index contributed by atoms with van der Waals surface area (Å²) in [7, 11) is 1.57. The third kappa shape index (κ3) is 5.32. The first-order valence-corrected chi connectivity index (χ1v) is 8.56. The van der Waals surface area contributed by atoms with Gasteiger partial charge in [-0.25, -0.2) is 4.79 Å². The molecule has 1 N–H and O–H groups in total. The Kier molecular flexibility index (Phi) is 6.58. The summed E-state index contributed by atoms with van der Waals surface area (Å²) in [6.45, 7) is 3.63. The normalized spacial score (nSPS) is 11.5. The van der Waals surface area contributed by atoms with E-state index in [0.29, 0.717) is 11.3 Å². The molecule has 0 bridgehead atoms. The average molecular weight is 406 g/mol. The lowest BCUT2D eigenvalue weighted by molar-refractivity contribution is -0.146. The van der Waals surface area contributed by atoms with Gasteiger partial charge in [0.1, 0.15) is 18.4 Å². The number of methoxy groups -OCH3 is 1. The van der Waals surface area contributed by atoms with Gasteiger partial charge in [0.25, 0.3) is 5.91 Å². The van der Waals surface area contributed by atoms with E-state index in [1.807, 2.05) is 25.1 Å². The molecule has 0 saturated heterocycles. The SMILES string of the molecule is COc1ccc(C)cc1COC(=O)[C@H](C)NC(=O)c1ccc(Br)cc1. The van der Waals surface area contributed by atoms with Gasteiger partial charge in [-0.15, -0.1) is 0 Å². The third-order valence-electron chi connectivity index (χ3n) is 3.61. The van der Waals surface area contributed by atoms with Crippen molar-refractivity contribution in [2.45, 2.75) is 26.5 Å². The lowest BCUT2D eigenvalue weighted by Gasteiger charge is -2.15. The van der Waals surface area contributed by atoms with Gasteiger partial charge >= 0.3 is 5.97 Å². The minimum Gasteiger partial charge on any atom is -0.496 e. The van der Waals surface area contributed by atoms with E-state index in [9.17, 15) is 9.59 Å². The van der Waals surface area contributed by atoms with Crippen LogP contribution in [0.2, 0.25) is 0 Å². The fourth-order valence-electron chi connectivity index (χ4n) is 2.23. The molecule has 0 aromatic heterocycles. The van der Waals surface area contributed by atoms with Crippen molar-refractivity contribution in [3.63, 3.8) is 0 Å². The van der Waals surface area contributed by atoms with E-state index in [-0.39, 0.29) is 12.5 Å². The molecule has 0 fully saturated rings. The Morgan fingerprint density at radius 3 is 2.48 bits per heavy atom. The number of hydrogen-bond donors (Lipinski definition) is 1. The largest absolute Gasteiger partial charge is 0.496 e. The molecule has 2 aromatic carbocycles. The minimum absolute atomic E-state index is 0.0855. The Hall–Kier alpha value is -2.34. The molecule has 1 atom stereocenters. The van der Waals surface area contributed by atoms with Crippen LogP contribution in [-0.2, 0) is 16.1 Å². The maximum absolute atomic E-state index is 12.1. The van der Waals surface area contributed by atoms with Crippen molar-refractivity contribution >= 4 is 27.8 Å². The van der Waals surface area contributed by atoms with Gasteiger partial charge in [0.2, 0.25) is 0 Å². The van der Waals surface area contributed by atoms with E-state index in [2.05, 4.69) is 21.2 Å². The van der Waals surface area contributed by atoms with Crippen LogP contribution in [-0.4, -0.2) is 25.0 Å². The van der Waals surface area contributed by atoms with Crippen LogP contribution >= 0.6 is 15.9 Å². The number of hydrogen-bond acceptors (Lipinski definition) is 4. The quantitative estimate of drug-likeness (QED) is 0.745. The summed E-state index contributed by atoms with van der Waals surface area (Å²) in [5.41, 5.74) is 2.30. The summed E-state index contributed by atoms with van der Waals surface area (Å²) >= 11 is 3.31. The number of nitrogens with one attached hydrogen (secondary N) is 1. The molecular formula is C19H20BrNO4. The van der Waals surface area contributed by atoms with Crippen LogP contribution < -0.4 is 10.1 Å². The summed E-state index contributed by atoms with van der Waals surface area (Å²) in [5.74, 6) is -0.177. The van der Waals surface area contributed by atoms with Gasteiger partial charge in [0, 0.05) is 15.6 Å². The molecule has 0 unspecified atom stereocenters. The monoisotopic (exact) mass is 405 g/mol. The topological polar surface area (TPSA) is 64.6 Å². The van der Waals surface area contributed by atoms with E-state index >= 15 is 0 Å². The molecular weight excluding hydrogens is 386 g/mol. The molecule has 0 saturated carbocycles. The van der Waals surface area contributed by atoms with Crippen LogP contribution in [0.25, 0.3) is 0 Å². The Morgan fingerprint density at radius 1 is 1.16 bits per heavy atom. The van der Waals surface area contributed by atoms with Gasteiger partial charge in [-0.1, -0.05) is 27.6 Å². The maximum atomic E-state index is 12.1. The zero-order chi connectivity index (χ0) is 18.4. The number of amides is 1. The van der Waals surface area contributed by atoms with Gasteiger partial charge < -0.3 is 14.8 Å². The second-order valence-corrected chi connectivity index (χ2v) is 6.54. The molecule has 0 aliphatic rings. The van der Waals surface area contributed by atoms with Crippen molar-refractivity contribution in [2.75, 3.05) is 7.11 Å². The van der Waals surface area contributed by atoms with Gasteiger partial charge in [0.15, 0.2) is 0 Å². The summed E-state index contributed by atoms with van der Waals surface area (Å²) in [4.78, 5) is 24.3. The van der Waals surface area contributed by atoms with Crippen molar-refractivity contribution in [1.82, 2.24) is 5.32 Å². The number of halogens is 1. The fraction of sp³-hybridized carbons (Fsp3) is 0.263. The summed E-state index contributed by atoms with van der Waals surface area (Å²) in [6.07, 6.45) is 0. The van der Waals surface area contributed by atoms with Crippen molar-refractivity contribution < 1.29 is 19.1 Å². The van der Waals surface area contributed by atoms with E-state index in [1.165, 1.54) is 0 Å². The molecule has 6 heteroatoms.